The second kappa shape index (κ2) is 3.87. The number of nitrogens with zero attached hydrogens (tertiary/aromatic N) is 1. The van der Waals surface area contributed by atoms with Gasteiger partial charge in [0.15, 0.2) is 0 Å². The summed E-state index contributed by atoms with van der Waals surface area (Å²) in [6.45, 7) is 0. The topological polar surface area (TPSA) is 23.8 Å². The molecule has 0 spiro atoms. The average Bonchev–Trinajstić information content (AvgIpc) is 2.19. The Kier molecular flexibility index (Phi) is 2.75. The van der Waals surface area contributed by atoms with E-state index in [1.54, 1.807) is 6.07 Å². The largest absolute Gasteiger partial charge is 0.192 e. The van der Waals surface area contributed by atoms with Gasteiger partial charge in [-0.2, -0.15) is 5.26 Å². The smallest absolute Gasteiger partial charge is 0.100 e. The number of benzene rings is 2. The molecule has 0 unspecified atom stereocenters. The number of hydrogen-bond donors (Lipinski definition) is 0. The van der Waals surface area contributed by atoms with Crippen molar-refractivity contribution in [1.29, 1.82) is 5.26 Å². The molecule has 0 saturated carbocycles. The molecule has 0 bridgehead atoms. The monoisotopic (exact) mass is 356 g/mol. The van der Waals surface area contributed by atoms with Gasteiger partial charge in [-0.1, -0.05) is 12.1 Å². The highest BCUT2D eigenvalue weighted by atomic mass is 127. The van der Waals surface area contributed by atoms with Gasteiger partial charge >= 0.3 is 0 Å². The molecule has 0 aromatic heterocycles. The van der Waals surface area contributed by atoms with Gasteiger partial charge in [0.25, 0.3) is 0 Å². The fraction of sp³-hybridized carbons (Fsp3) is 0. The van der Waals surface area contributed by atoms with E-state index in [-0.39, 0.29) is 0 Å². The van der Waals surface area contributed by atoms with Crippen molar-refractivity contribution in [2.75, 3.05) is 0 Å². The zero-order chi connectivity index (χ0) is 10.1. The van der Waals surface area contributed by atoms with Crippen LogP contribution in [0.2, 0.25) is 0 Å². The molecule has 0 heterocycles. The summed E-state index contributed by atoms with van der Waals surface area (Å²) >= 11 is 5.71. The van der Waals surface area contributed by atoms with Crippen molar-refractivity contribution in [3.8, 4) is 6.07 Å². The molecule has 2 aromatic carbocycles. The molecule has 0 N–H and O–H groups in total. The molecule has 0 aliphatic rings. The summed E-state index contributed by atoms with van der Waals surface area (Å²) in [7, 11) is 0. The SMILES string of the molecule is N#Cc1[c]ccc2cc(I)c(Br)cc12. The minimum atomic E-state index is 0.597. The molecule has 0 fully saturated rings. The Labute approximate surface area is 104 Å². The standard InChI is InChI=1S/C11H4BrIN/c12-10-5-9-7(4-11(10)13)2-1-3-8(9)6-14/h1-2,4-5H. The fourth-order valence-corrected chi connectivity index (χ4v) is 2.14. The van der Waals surface area contributed by atoms with Crippen LogP contribution in [0.15, 0.2) is 28.7 Å². The predicted molar refractivity (Wildman–Crippen MR) is 67.9 cm³/mol. The van der Waals surface area contributed by atoms with Crippen LogP contribution < -0.4 is 0 Å². The number of halogens is 2. The summed E-state index contributed by atoms with van der Waals surface area (Å²) in [6.07, 6.45) is 0. The van der Waals surface area contributed by atoms with Crippen molar-refractivity contribution in [3.63, 3.8) is 0 Å². The summed E-state index contributed by atoms with van der Waals surface area (Å²) in [5, 5.41) is 10.9. The Morgan fingerprint density at radius 2 is 2.21 bits per heavy atom. The maximum Gasteiger partial charge on any atom is 0.100 e. The second-order valence-corrected chi connectivity index (χ2v) is 4.83. The van der Waals surface area contributed by atoms with E-state index in [0.29, 0.717) is 5.56 Å². The van der Waals surface area contributed by atoms with E-state index >= 15 is 0 Å². The minimum absolute atomic E-state index is 0.597. The highest BCUT2D eigenvalue weighted by Crippen LogP contribution is 2.27. The van der Waals surface area contributed by atoms with E-state index < -0.39 is 0 Å². The molecule has 67 valence electrons. The predicted octanol–water partition coefficient (Wildman–Crippen LogP) is 3.88. The third-order valence-electron chi connectivity index (χ3n) is 1.96. The molecule has 2 aromatic rings. The van der Waals surface area contributed by atoms with E-state index in [1.165, 1.54) is 0 Å². The Morgan fingerprint density at radius 1 is 1.43 bits per heavy atom. The van der Waals surface area contributed by atoms with Gasteiger partial charge in [0.2, 0.25) is 0 Å². The maximum atomic E-state index is 8.90. The maximum absolute atomic E-state index is 8.90. The van der Waals surface area contributed by atoms with Gasteiger partial charge in [-0.3, -0.25) is 0 Å². The highest BCUT2D eigenvalue weighted by Gasteiger charge is 2.03. The van der Waals surface area contributed by atoms with E-state index in [0.717, 1.165) is 18.8 Å². The molecular weight excluding hydrogens is 353 g/mol. The van der Waals surface area contributed by atoms with Crippen LogP contribution in [0.1, 0.15) is 5.56 Å². The zero-order valence-corrected chi connectivity index (χ0v) is 10.8. The lowest BCUT2D eigenvalue weighted by atomic mass is 10.1. The van der Waals surface area contributed by atoms with Crippen LogP contribution >= 0.6 is 38.5 Å². The number of hydrogen-bond acceptors (Lipinski definition) is 1. The van der Waals surface area contributed by atoms with Crippen LogP contribution in [0.25, 0.3) is 10.8 Å². The molecule has 1 nitrogen and oxygen atoms in total. The van der Waals surface area contributed by atoms with E-state index in [1.807, 2.05) is 12.1 Å². The van der Waals surface area contributed by atoms with E-state index in [2.05, 4.69) is 56.7 Å². The van der Waals surface area contributed by atoms with Gasteiger partial charge in [0, 0.05) is 19.5 Å². The Balaban J connectivity index is 2.90. The fourth-order valence-electron chi connectivity index (χ4n) is 1.30. The lowest BCUT2D eigenvalue weighted by Gasteiger charge is -2.02. The normalized spacial score (nSPS) is 10.1. The molecule has 0 aliphatic heterocycles. The van der Waals surface area contributed by atoms with Crippen LogP contribution in [0.4, 0.5) is 0 Å². The Bertz CT molecular complexity index is 543. The van der Waals surface area contributed by atoms with Crippen molar-refractivity contribution in [2.45, 2.75) is 0 Å². The Hall–Kier alpha value is -0.600. The van der Waals surface area contributed by atoms with Crippen molar-refractivity contribution >= 4 is 49.3 Å². The first kappa shape index (κ1) is 9.94. The van der Waals surface area contributed by atoms with Crippen LogP contribution in [0.3, 0.4) is 0 Å². The first-order chi connectivity index (χ1) is 6.72. The molecule has 0 atom stereocenters. The van der Waals surface area contributed by atoms with Gasteiger partial charge in [0.1, 0.15) is 6.07 Å². The first-order valence-electron chi connectivity index (χ1n) is 3.92. The average molecular weight is 357 g/mol. The van der Waals surface area contributed by atoms with Crippen LogP contribution in [0, 0.1) is 21.0 Å². The first-order valence-corrected chi connectivity index (χ1v) is 5.79. The third kappa shape index (κ3) is 1.64. The molecular formula is C11H4BrIN. The van der Waals surface area contributed by atoms with Crippen LogP contribution in [-0.4, -0.2) is 0 Å². The lowest BCUT2D eigenvalue weighted by molar-refractivity contribution is 1.50. The molecule has 1 radical (unpaired) electrons. The lowest BCUT2D eigenvalue weighted by Crippen LogP contribution is -1.82. The zero-order valence-electron chi connectivity index (χ0n) is 7.01. The number of fused-ring (bicyclic) bond motifs is 1. The van der Waals surface area contributed by atoms with Crippen LogP contribution in [0.5, 0.6) is 0 Å². The molecule has 14 heavy (non-hydrogen) atoms. The van der Waals surface area contributed by atoms with Gasteiger partial charge in [-0.05, 0) is 56.0 Å². The van der Waals surface area contributed by atoms with Crippen molar-refractivity contribution < 1.29 is 0 Å². The highest BCUT2D eigenvalue weighted by molar-refractivity contribution is 14.1. The van der Waals surface area contributed by atoms with Gasteiger partial charge in [0.05, 0.1) is 5.56 Å². The number of rotatable bonds is 0. The third-order valence-corrected chi connectivity index (χ3v) is 4.25. The minimum Gasteiger partial charge on any atom is -0.192 e. The van der Waals surface area contributed by atoms with Crippen molar-refractivity contribution in [3.05, 3.63) is 43.9 Å². The Morgan fingerprint density at radius 3 is 2.93 bits per heavy atom. The summed E-state index contributed by atoms with van der Waals surface area (Å²) in [5.74, 6) is 0. The van der Waals surface area contributed by atoms with Crippen molar-refractivity contribution in [2.24, 2.45) is 0 Å². The molecule has 3 heteroatoms. The summed E-state index contributed by atoms with van der Waals surface area (Å²) in [6, 6.07) is 12.8. The second-order valence-electron chi connectivity index (χ2n) is 2.82. The van der Waals surface area contributed by atoms with E-state index in [9.17, 15) is 0 Å². The summed E-state index contributed by atoms with van der Waals surface area (Å²) in [5.41, 5.74) is 0.597. The quantitative estimate of drug-likeness (QED) is 0.657. The summed E-state index contributed by atoms with van der Waals surface area (Å²) < 4.78 is 2.16. The van der Waals surface area contributed by atoms with E-state index in [4.69, 9.17) is 5.26 Å². The van der Waals surface area contributed by atoms with Gasteiger partial charge in [-0.25, -0.2) is 0 Å². The van der Waals surface area contributed by atoms with Gasteiger partial charge in [-0.15, -0.1) is 0 Å². The molecule has 0 saturated heterocycles. The van der Waals surface area contributed by atoms with Crippen LogP contribution in [-0.2, 0) is 0 Å². The molecule has 0 aliphatic carbocycles. The van der Waals surface area contributed by atoms with Crippen molar-refractivity contribution in [1.82, 2.24) is 0 Å². The summed E-state index contributed by atoms with van der Waals surface area (Å²) in [4.78, 5) is 0. The molecule has 2 rings (SSSR count). The number of nitriles is 1. The van der Waals surface area contributed by atoms with Gasteiger partial charge < -0.3 is 0 Å². The molecule has 0 amide bonds.